The van der Waals surface area contributed by atoms with Crippen LogP contribution in [0.1, 0.15) is 52.9 Å². The Morgan fingerprint density at radius 2 is 1.92 bits per heavy atom. The molecule has 0 aromatic rings. The Morgan fingerprint density at radius 1 is 1.17 bits per heavy atom. The number of hydrogen-bond acceptors (Lipinski definition) is 0. The van der Waals surface area contributed by atoms with Crippen molar-refractivity contribution in [2.75, 3.05) is 0 Å². The van der Waals surface area contributed by atoms with E-state index in [4.69, 9.17) is 0 Å². The van der Waals surface area contributed by atoms with Gasteiger partial charge in [0.25, 0.3) is 0 Å². The highest BCUT2D eigenvalue weighted by Gasteiger charge is 2.48. The van der Waals surface area contributed by atoms with Gasteiger partial charge in [-0.25, -0.2) is 0 Å². The predicted octanol–water partition coefficient (Wildman–Crippen LogP) is 3.86. The first-order valence-corrected chi connectivity index (χ1v) is 5.64. The second-order valence-corrected chi connectivity index (χ2v) is 5.50. The van der Waals surface area contributed by atoms with Crippen molar-refractivity contribution in [1.82, 2.24) is 0 Å². The van der Waals surface area contributed by atoms with E-state index in [2.05, 4.69) is 20.8 Å². The molecule has 12 heavy (non-hydrogen) atoms. The summed E-state index contributed by atoms with van der Waals surface area (Å²) in [5.41, 5.74) is 0.696. The van der Waals surface area contributed by atoms with Crippen LogP contribution in [0.4, 0.5) is 0 Å². The van der Waals surface area contributed by atoms with Crippen molar-refractivity contribution in [2.24, 2.45) is 23.2 Å². The van der Waals surface area contributed by atoms with Crippen LogP contribution in [-0.2, 0) is 0 Å². The van der Waals surface area contributed by atoms with Crippen LogP contribution in [-0.4, -0.2) is 0 Å². The first-order valence-electron chi connectivity index (χ1n) is 5.64. The van der Waals surface area contributed by atoms with Crippen LogP contribution in [0.25, 0.3) is 0 Å². The lowest BCUT2D eigenvalue weighted by atomic mass is 9.70. The summed E-state index contributed by atoms with van der Waals surface area (Å²) in [5, 5.41) is 0. The third-order valence-corrected chi connectivity index (χ3v) is 4.88. The number of rotatable bonds is 1. The van der Waals surface area contributed by atoms with Gasteiger partial charge >= 0.3 is 0 Å². The predicted molar refractivity (Wildman–Crippen MR) is 53.0 cm³/mol. The summed E-state index contributed by atoms with van der Waals surface area (Å²) in [4.78, 5) is 0. The van der Waals surface area contributed by atoms with Crippen LogP contribution in [0.15, 0.2) is 0 Å². The van der Waals surface area contributed by atoms with E-state index in [9.17, 15) is 0 Å². The molecule has 2 fully saturated rings. The molecule has 0 heterocycles. The van der Waals surface area contributed by atoms with E-state index >= 15 is 0 Å². The average molecular weight is 166 g/mol. The molecular weight excluding hydrogens is 144 g/mol. The lowest BCUT2D eigenvalue weighted by Crippen LogP contribution is -2.28. The van der Waals surface area contributed by atoms with Gasteiger partial charge in [-0.1, -0.05) is 33.6 Å². The summed E-state index contributed by atoms with van der Waals surface area (Å²) in [5.74, 6) is 3.08. The first-order chi connectivity index (χ1) is 5.64. The van der Waals surface area contributed by atoms with Crippen LogP contribution in [0.5, 0.6) is 0 Å². The molecule has 0 saturated heterocycles. The molecule has 2 saturated carbocycles. The second kappa shape index (κ2) is 2.75. The van der Waals surface area contributed by atoms with Crippen LogP contribution in [0.3, 0.4) is 0 Å². The maximum atomic E-state index is 2.54. The van der Waals surface area contributed by atoms with E-state index in [1.54, 1.807) is 0 Å². The Hall–Kier alpha value is 0. The highest BCUT2D eigenvalue weighted by molar-refractivity contribution is 4.98. The van der Waals surface area contributed by atoms with Crippen molar-refractivity contribution in [1.29, 1.82) is 0 Å². The topological polar surface area (TPSA) is 0 Å². The minimum Gasteiger partial charge on any atom is -0.0622 e. The molecule has 0 spiro atoms. The third kappa shape index (κ3) is 1.03. The molecule has 0 aromatic heterocycles. The molecular formula is C12H22. The normalized spacial score (nSPS) is 47.0. The molecule has 2 aliphatic carbocycles. The lowest BCUT2D eigenvalue weighted by Gasteiger charge is -2.35. The summed E-state index contributed by atoms with van der Waals surface area (Å²) in [6, 6.07) is 0. The molecule has 3 atom stereocenters. The van der Waals surface area contributed by atoms with E-state index < -0.39 is 0 Å². The van der Waals surface area contributed by atoms with Crippen LogP contribution in [0, 0.1) is 23.2 Å². The maximum absolute atomic E-state index is 2.54. The van der Waals surface area contributed by atoms with E-state index in [1.165, 1.54) is 32.1 Å². The quantitative estimate of drug-likeness (QED) is 0.555. The van der Waals surface area contributed by atoms with Crippen LogP contribution >= 0.6 is 0 Å². The van der Waals surface area contributed by atoms with Crippen molar-refractivity contribution >= 4 is 0 Å². The van der Waals surface area contributed by atoms with Crippen molar-refractivity contribution in [3.63, 3.8) is 0 Å². The van der Waals surface area contributed by atoms with Gasteiger partial charge in [0.15, 0.2) is 0 Å². The fourth-order valence-corrected chi connectivity index (χ4v) is 3.65. The zero-order valence-electron chi connectivity index (χ0n) is 8.77. The van der Waals surface area contributed by atoms with Gasteiger partial charge in [0.2, 0.25) is 0 Å². The molecule has 0 N–H and O–H groups in total. The van der Waals surface area contributed by atoms with E-state index in [0.29, 0.717) is 5.41 Å². The minimum absolute atomic E-state index is 0.696. The zero-order valence-corrected chi connectivity index (χ0v) is 8.77. The van der Waals surface area contributed by atoms with Crippen LogP contribution < -0.4 is 0 Å². The minimum atomic E-state index is 0.696. The Morgan fingerprint density at radius 3 is 2.58 bits per heavy atom. The molecule has 2 aliphatic rings. The van der Waals surface area contributed by atoms with Gasteiger partial charge in [-0.15, -0.1) is 0 Å². The maximum Gasteiger partial charge on any atom is -0.0272 e. The largest absolute Gasteiger partial charge is 0.0622 e. The van der Waals surface area contributed by atoms with Crippen molar-refractivity contribution < 1.29 is 0 Å². The lowest BCUT2D eigenvalue weighted by molar-refractivity contribution is 0.138. The smallest absolute Gasteiger partial charge is 0.0272 e. The summed E-state index contributed by atoms with van der Waals surface area (Å²) >= 11 is 0. The fourth-order valence-electron chi connectivity index (χ4n) is 3.65. The highest BCUT2D eigenvalue weighted by atomic mass is 14.5. The second-order valence-electron chi connectivity index (χ2n) is 5.50. The van der Waals surface area contributed by atoms with Gasteiger partial charge in [-0.3, -0.25) is 0 Å². The Labute approximate surface area is 76.7 Å². The molecule has 0 nitrogen and oxygen atoms in total. The monoisotopic (exact) mass is 166 g/mol. The molecule has 0 bridgehead atoms. The number of hydrogen-bond donors (Lipinski definition) is 0. The number of fused-ring (bicyclic) bond motifs is 1. The molecule has 3 unspecified atom stereocenters. The van der Waals surface area contributed by atoms with Crippen molar-refractivity contribution in [3.8, 4) is 0 Å². The molecule has 2 rings (SSSR count). The first kappa shape index (κ1) is 8.59. The Balaban J connectivity index is 2.17. The third-order valence-electron chi connectivity index (χ3n) is 4.88. The standard InChI is InChI=1S/C12H22/c1-9(2)12(3)8-7-10-5-4-6-11(10)12/h9-11H,4-8H2,1-3H3. The van der Waals surface area contributed by atoms with E-state index in [1.807, 2.05) is 0 Å². The Kier molecular flexibility index (Phi) is 1.97. The molecule has 0 radical (unpaired) electrons. The summed E-state index contributed by atoms with van der Waals surface area (Å²) in [6.45, 7) is 7.37. The molecule has 0 amide bonds. The van der Waals surface area contributed by atoms with Gasteiger partial charge in [0.05, 0.1) is 0 Å². The van der Waals surface area contributed by atoms with Gasteiger partial charge in [0.1, 0.15) is 0 Å². The van der Waals surface area contributed by atoms with Crippen molar-refractivity contribution in [3.05, 3.63) is 0 Å². The molecule has 70 valence electrons. The van der Waals surface area contributed by atoms with Gasteiger partial charge < -0.3 is 0 Å². The van der Waals surface area contributed by atoms with E-state index in [-0.39, 0.29) is 0 Å². The molecule has 0 heteroatoms. The van der Waals surface area contributed by atoms with Gasteiger partial charge in [0, 0.05) is 0 Å². The van der Waals surface area contributed by atoms with E-state index in [0.717, 1.165) is 17.8 Å². The average Bonchev–Trinajstić information content (AvgIpc) is 2.54. The van der Waals surface area contributed by atoms with Gasteiger partial charge in [-0.2, -0.15) is 0 Å². The summed E-state index contributed by atoms with van der Waals surface area (Å²) < 4.78 is 0. The molecule has 0 aromatic carbocycles. The van der Waals surface area contributed by atoms with Crippen LogP contribution in [0.2, 0.25) is 0 Å². The summed E-state index contributed by atoms with van der Waals surface area (Å²) in [6.07, 6.45) is 7.60. The molecule has 0 aliphatic heterocycles. The van der Waals surface area contributed by atoms with Crippen molar-refractivity contribution in [2.45, 2.75) is 52.9 Å². The zero-order chi connectivity index (χ0) is 8.77. The Bertz CT molecular complexity index is 171. The highest BCUT2D eigenvalue weighted by Crippen LogP contribution is 2.57. The van der Waals surface area contributed by atoms with Gasteiger partial charge in [-0.05, 0) is 42.4 Å². The fraction of sp³-hybridized carbons (Fsp3) is 1.00. The summed E-state index contributed by atoms with van der Waals surface area (Å²) in [7, 11) is 0. The SMILES string of the molecule is CC(C)C1(C)CCC2CCCC21.